The zero-order chi connectivity index (χ0) is 26.1. The van der Waals surface area contributed by atoms with Crippen LogP contribution in [-0.4, -0.2) is 64.6 Å². The summed E-state index contributed by atoms with van der Waals surface area (Å²) in [6.45, 7) is 2.94. The van der Waals surface area contributed by atoms with Gasteiger partial charge in [-0.25, -0.2) is 4.39 Å². The number of nitrogens with one attached hydrogen (secondary N) is 2. The van der Waals surface area contributed by atoms with E-state index in [2.05, 4.69) is 34.7 Å². The SMILES string of the molecule is CCC1CC(Nc2cccc3c(CC(F)(F)F)c(-c4noc(C5CCC(=O)N5)n4)sc23)C(F)C2C[N+]12C. The average Bonchev–Trinajstić information content (AvgIpc) is 3.21. The first-order chi connectivity index (χ1) is 17.6. The highest BCUT2D eigenvalue weighted by atomic mass is 32.1. The topological polar surface area (TPSA) is 80.0 Å². The van der Waals surface area contributed by atoms with Gasteiger partial charge in [0.1, 0.15) is 12.6 Å². The van der Waals surface area contributed by atoms with Gasteiger partial charge in [0.25, 0.3) is 0 Å². The van der Waals surface area contributed by atoms with Crippen LogP contribution >= 0.6 is 11.3 Å². The number of alkyl halides is 4. The minimum atomic E-state index is -4.45. The fourth-order valence-corrected chi connectivity index (χ4v) is 7.39. The monoisotopic (exact) mass is 538 g/mol. The third kappa shape index (κ3) is 4.27. The first kappa shape index (κ1) is 24.6. The summed E-state index contributed by atoms with van der Waals surface area (Å²) in [4.78, 5) is 16.2. The quantitative estimate of drug-likeness (QED) is 0.258. The Morgan fingerprint density at radius 2 is 2.14 bits per heavy atom. The number of quaternary nitrogens is 1. The Balaban J connectivity index is 1.37. The van der Waals surface area contributed by atoms with E-state index in [1.165, 1.54) is 0 Å². The molecule has 6 rings (SSSR count). The Morgan fingerprint density at radius 1 is 1.32 bits per heavy atom. The summed E-state index contributed by atoms with van der Waals surface area (Å²) in [6, 6.07) is 4.59. The molecule has 3 aromatic rings. The largest absolute Gasteiger partial charge is 0.393 e. The van der Waals surface area contributed by atoms with Crippen LogP contribution in [0.4, 0.5) is 23.2 Å². The number of carbonyl (C=O) groups is 1. The lowest BCUT2D eigenvalue weighted by atomic mass is 9.93. The number of thiophene rings is 1. The van der Waals surface area contributed by atoms with Gasteiger partial charge in [0.2, 0.25) is 17.6 Å². The van der Waals surface area contributed by atoms with Crippen molar-refractivity contribution in [2.24, 2.45) is 0 Å². The van der Waals surface area contributed by atoms with E-state index in [-0.39, 0.29) is 34.1 Å². The molecule has 198 valence electrons. The van der Waals surface area contributed by atoms with Crippen LogP contribution in [0, 0.1) is 0 Å². The number of rotatable bonds is 6. The van der Waals surface area contributed by atoms with Crippen molar-refractivity contribution < 1.29 is 31.4 Å². The molecule has 3 aliphatic heterocycles. The number of nitrogens with zero attached hydrogens (tertiary/aromatic N) is 3. The molecule has 6 unspecified atom stereocenters. The Hall–Kier alpha value is -2.73. The summed E-state index contributed by atoms with van der Waals surface area (Å²) in [7, 11) is 2.10. The molecule has 2 N–H and O–H groups in total. The molecule has 2 aromatic heterocycles. The number of fused-ring (bicyclic) bond motifs is 2. The highest BCUT2D eigenvalue weighted by Gasteiger charge is 2.65. The molecule has 1 aromatic carbocycles. The van der Waals surface area contributed by atoms with Crippen LogP contribution in [-0.2, 0) is 11.2 Å². The van der Waals surface area contributed by atoms with Gasteiger partial charge in [0.15, 0.2) is 12.2 Å². The van der Waals surface area contributed by atoms with E-state index in [1.54, 1.807) is 18.2 Å². The lowest BCUT2D eigenvalue weighted by Gasteiger charge is -2.36. The molecule has 6 atom stereocenters. The fourth-order valence-electron chi connectivity index (χ4n) is 6.16. The number of amides is 1. The molecule has 3 fully saturated rings. The zero-order valence-corrected chi connectivity index (χ0v) is 21.3. The normalized spacial score (nSPS) is 31.4. The van der Waals surface area contributed by atoms with Crippen molar-refractivity contribution in [1.29, 1.82) is 0 Å². The molecule has 7 nitrogen and oxygen atoms in total. The minimum Gasteiger partial charge on any atom is -0.378 e. The van der Waals surface area contributed by atoms with Crippen molar-refractivity contribution in [3.05, 3.63) is 29.7 Å². The predicted octanol–water partition coefficient (Wildman–Crippen LogP) is 5.14. The number of piperidine rings is 1. The molecule has 1 amide bonds. The number of carbonyl (C=O) groups excluding carboxylic acids is 1. The van der Waals surface area contributed by atoms with Gasteiger partial charge < -0.3 is 19.6 Å². The molecule has 37 heavy (non-hydrogen) atoms. The standard InChI is InChI=1S/C25H27F4N5O2S/c1-3-12-9-17(20(26)18-11-34(12,18)2)30-15-6-4-5-13-14(10-25(27,28)29)22(37-21(13)15)23-32-24(36-33-23)16-7-8-19(35)31-16/h4-6,12,16-18,20,30H,3,7-11H2,1-2H3/p+1. The minimum absolute atomic E-state index is 0.0380. The summed E-state index contributed by atoms with van der Waals surface area (Å²) >= 11 is 1.15. The third-order valence-electron chi connectivity index (χ3n) is 8.26. The maximum absolute atomic E-state index is 15.4. The number of benzene rings is 1. The van der Waals surface area contributed by atoms with Crippen LogP contribution in [0.1, 0.15) is 50.1 Å². The molecule has 3 saturated heterocycles. The van der Waals surface area contributed by atoms with Gasteiger partial charge in [-0.05, 0) is 29.9 Å². The molecule has 0 aliphatic carbocycles. The van der Waals surface area contributed by atoms with E-state index in [9.17, 15) is 18.0 Å². The van der Waals surface area contributed by atoms with Crippen molar-refractivity contribution in [1.82, 2.24) is 15.5 Å². The van der Waals surface area contributed by atoms with Crippen LogP contribution in [0.15, 0.2) is 22.7 Å². The third-order valence-corrected chi connectivity index (χ3v) is 9.54. The average molecular weight is 539 g/mol. The van der Waals surface area contributed by atoms with Gasteiger partial charge in [0.05, 0.1) is 40.8 Å². The molecular weight excluding hydrogens is 510 g/mol. The van der Waals surface area contributed by atoms with Crippen LogP contribution in [0.2, 0.25) is 0 Å². The molecule has 0 saturated carbocycles. The number of hydrogen-bond acceptors (Lipinski definition) is 6. The van der Waals surface area contributed by atoms with Crippen molar-refractivity contribution >= 4 is 33.0 Å². The number of anilines is 1. The number of likely N-dealkylation sites (N-methyl/N-ethyl adjacent to an activating group) is 1. The highest BCUT2D eigenvalue weighted by molar-refractivity contribution is 7.23. The summed E-state index contributed by atoms with van der Waals surface area (Å²) in [5.41, 5.74) is 0.681. The predicted molar refractivity (Wildman–Crippen MR) is 131 cm³/mol. The Bertz CT molecular complexity index is 1360. The highest BCUT2D eigenvalue weighted by Crippen LogP contribution is 2.47. The van der Waals surface area contributed by atoms with Crippen LogP contribution < -0.4 is 10.6 Å². The van der Waals surface area contributed by atoms with Crippen molar-refractivity contribution in [3.63, 3.8) is 0 Å². The molecule has 5 heterocycles. The van der Waals surface area contributed by atoms with Gasteiger partial charge in [-0.1, -0.05) is 24.2 Å². The van der Waals surface area contributed by atoms with E-state index >= 15 is 4.39 Å². The van der Waals surface area contributed by atoms with E-state index in [0.29, 0.717) is 41.1 Å². The van der Waals surface area contributed by atoms with Crippen LogP contribution in [0.5, 0.6) is 0 Å². The summed E-state index contributed by atoms with van der Waals surface area (Å²) < 4.78 is 63.0. The molecule has 0 radical (unpaired) electrons. The van der Waals surface area contributed by atoms with Gasteiger partial charge in [-0.2, -0.15) is 18.2 Å². The van der Waals surface area contributed by atoms with Crippen molar-refractivity contribution in [2.75, 3.05) is 18.9 Å². The van der Waals surface area contributed by atoms with E-state index < -0.39 is 30.9 Å². The summed E-state index contributed by atoms with van der Waals surface area (Å²) in [5, 5.41) is 10.5. The van der Waals surface area contributed by atoms with Gasteiger partial charge in [-0.15, -0.1) is 11.3 Å². The lowest BCUT2D eigenvalue weighted by Crippen LogP contribution is -2.52. The first-order valence-corrected chi connectivity index (χ1v) is 13.4. The van der Waals surface area contributed by atoms with Crippen molar-refractivity contribution in [2.45, 2.75) is 75.5 Å². The molecule has 0 bridgehead atoms. The maximum Gasteiger partial charge on any atom is 0.393 e. The Labute approximate surface area is 214 Å². The van der Waals surface area contributed by atoms with Crippen LogP contribution in [0.25, 0.3) is 20.8 Å². The van der Waals surface area contributed by atoms with Crippen LogP contribution in [0.3, 0.4) is 0 Å². The first-order valence-electron chi connectivity index (χ1n) is 12.6. The molecular formula is C25H28F4N5O2S+. The second-order valence-electron chi connectivity index (χ2n) is 10.6. The number of hydrogen-bond donors (Lipinski definition) is 2. The lowest BCUT2D eigenvalue weighted by molar-refractivity contribution is -0.828. The summed E-state index contributed by atoms with van der Waals surface area (Å²) in [6.07, 6.45) is -4.21. The molecule has 0 spiro atoms. The number of halogens is 4. The van der Waals surface area contributed by atoms with Gasteiger partial charge in [0, 0.05) is 12.8 Å². The van der Waals surface area contributed by atoms with Gasteiger partial charge in [-0.3, -0.25) is 4.79 Å². The Kier molecular flexibility index (Phi) is 5.75. The second kappa shape index (κ2) is 8.65. The van der Waals surface area contributed by atoms with Gasteiger partial charge >= 0.3 is 6.18 Å². The summed E-state index contributed by atoms with van der Waals surface area (Å²) in [5.74, 6) is 0.0959. The zero-order valence-electron chi connectivity index (χ0n) is 20.4. The fraction of sp³-hybridized carbons (Fsp3) is 0.560. The Morgan fingerprint density at radius 3 is 2.84 bits per heavy atom. The van der Waals surface area contributed by atoms with E-state index in [0.717, 1.165) is 28.8 Å². The van der Waals surface area contributed by atoms with Crippen molar-refractivity contribution in [3.8, 4) is 10.7 Å². The smallest absolute Gasteiger partial charge is 0.378 e. The molecule has 12 heteroatoms. The van der Waals surface area contributed by atoms with E-state index in [1.807, 2.05) is 0 Å². The maximum atomic E-state index is 15.4. The van der Waals surface area contributed by atoms with E-state index in [4.69, 9.17) is 4.52 Å². The molecule has 3 aliphatic rings. The number of aromatic nitrogens is 2. The second-order valence-corrected chi connectivity index (χ2v) is 11.6.